The fourth-order valence-electron chi connectivity index (χ4n) is 3.87. The Kier molecular flexibility index (Phi) is 8.12. The van der Waals surface area contributed by atoms with E-state index in [0.29, 0.717) is 28.7 Å². The highest BCUT2D eigenvalue weighted by Gasteiger charge is 2.24. The molecule has 0 radical (unpaired) electrons. The second-order valence-corrected chi connectivity index (χ2v) is 11.3. The van der Waals surface area contributed by atoms with Crippen LogP contribution in [0.3, 0.4) is 0 Å². The Hall–Kier alpha value is -2.44. The number of aliphatic hydroxyl groups is 1. The van der Waals surface area contributed by atoms with Gasteiger partial charge in [0.1, 0.15) is 11.1 Å². The van der Waals surface area contributed by atoms with Crippen LogP contribution in [0.15, 0.2) is 41.4 Å². The van der Waals surface area contributed by atoms with Gasteiger partial charge in [0.15, 0.2) is 5.13 Å². The summed E-state index contributed by atoms with van der Waals surface area (Å²) in [6.45, 7) is 3.26. The quantitative estimate of drug-likeness (QED) is 0.340. The van der Waals surface area contributed by atoms with Crippen LogP contribution in [0.4, 0.5) is 10.8 Å². The Morgan fingerprint density at radius 2 is 2.06 bits per heavy atom. The molecule has 1 aliphatic rings. The van der Waals surface area contributed by atoms with Crippen LogP contribution < -0.4 is 14.8 Å². The van der Waals surface area contributed by atoms with Crippen molar-refractivity contribution in [1.82, 2.24) is 9.97 Å². The van der Waals surface area contributed by atoms with Gasteiger partial charge in [-0.3, -0.25) is 4.72 Å². The first-order chi connectivity index (χ1) is 16.8. The maximum atomic E-state index is 13.2. The summed E-state index contributed by atoms with van der Waals surface area (Å²) in [7, 11) is -2.70. The SMILES string of the molecule is COc1ncc(-c2sc(NC(O)CC3CCOCC3)nc2C)cc1S(=O)(=O)Nc1ccccc1Cl. The van der Waals surface area contributed by atoms with E-state index in [9.17, 15) is 13.5 Å². The van der Waals surface area contributed by atoms with Crippen molar-refractivity contribution in [3.8, 4) is 16.3 Å². The molecule has 0 amide bonds. The third-order valence-corrected chi connectivity index (χ3v) is 8.49. The molecule has 1 aliphatic heterocycles. The Bertz CT molecular complexity index is 1280. The lowest BCUT2D eigenvalue weighted by atomic mass is 9.96. The van der Waals surface area contributed by atoms with Crippen LogP contribution in [0.25, 0.3) is 10.4 Å². The largest absolute Gasteiger partial charge is 0.480 e. The molecule has 0 bridgehead atoms. The zero-order valence-electron chi connectivity index (χ0n) is 19.3. The molecule has 3 heterocycles. The van der Waals surface area contributed by atoms with Crippen molar-refractivity contribution in [2.45, 2.75) is 37.3 Å². The lowest BCUT2D eigenvalue weighted by Crippen LogP contribution is -2.26. The molecular formula is C23H27ClN4O5S2. The van der Waals surface area contributed by atoms with Crippen molar-refractivity contribution in [2.24, 2.45) is 5.92 Å². The summed E-state index contributed by atoms with van der Waals surface area (Å²) in [5.74, 6) is 0.358. The number of methoxy groups -OCH3 is 1. The Morgan fingerprint density at radius 1 is 1.31 bits per heavy atom. The second-order valence-electron chi connectivity index (χ2n) is 8.20. The first-order valence-corrected chi connectivity index (χ1v) is 13.8. The number of benzene rings is 1. The number of nitrogens with one attached hydrogen (secondary N) is 2. The highest BCUT2D eigenvalue weighted by atomic mass is 35.5. The van der Waals surface area contributed by atoms with E-state index in [2.05, 4.69) is 20.0 Å². The molecule has 3 aromatic rings. The summed E-state index contributed by atoms with van der Waals surface area (Å²) in [6.07, 6.45) is 3.27. The number of para-hydroxylation sites is 1. The summed E-state index contributed by atoms with van der Waals surface area (Å²) >= 11 is 7.45. The normalized spacial score (nSPS) is 15.5. The predicted octanol–water partition coefficient (Wildman–Crippen LogP) is 4.52. The van der Waals surface area contributed by atoms with Gasteiger partial charge in [-0.2, -0.15) is 0 Å². The number of halogens is 1. The van der Waals surface area contributed by atoms with E-state index >= 15 is 0 Å². The van der Waals surface area contributed by atoms with Crippen LogP contribution >= 0.6 is 22.9 Å². The van der Waals surface area contributed by atoms with Crippen LogP contribution in [0.5, 0.6) is 5.88 Å². The van der Waals surface area contributed by atoms with Crippen LogP contribution in [0.2, 0.25) is 5.02 Å². The number of aliphatic hydroxyl groups excluding tert-OH is 1. The summed E-state index contributed by atoms with van der Waals surface area (Å²) in [4.78, 5) is 9.34. The van der Waals surface area contributed by atoms with Crippen LogP contribution in [0, 0.1) is 12.8 Å². The number of nitrogens with zero attached hydrogens (tertiary/aromatic N) is 2. The second kappa shape index (κ2) is 11.1. The van der Waals surface area contributed by atoms with Crippen LogP contribution in [-0.4, -0.2) is 50.0 Å². The number of aromatic nitrogens is 2. The number of hydrogen-bond donors (Lipinski definition) is 3. The summed E-state index contributed by atoms with van der Waals surface area (Å²) in [6, 6.07) is 8.05. The van der Waals surface area contributed by atoms with Gasteiger partial charge in [-0.05, 0) is 50.3 Å². The van der Waals surface area contributed by atoms with Gasteiger partial charge in [-0.15, -0.1) is 0 Å². The van der Waals surface area contributed by atoms with E-state index < -0.39 is 16.3 Å². The summed E-state index contributed by atoms with van der Waals surface area (Å²) in [5, 5.41) is 14.4. The van der Waals surface area contributed by atoms with Crippen molar-refractivity contribution in [3.05, 3.63) is 47.2 Å². The van der Waals surface area contributed by atoms with E-state index in [1.165, 1.54) is 30.7 Å². The standard InChI is InChI=1S/C23H27ClN4O5S2/c1-14-21(34-23(26-14)27-20(29)11-15-7-9-33-10-8-15)16-12-19(22(32-2)25-13-16)35(30,31)28-18-6-4-3-5-17(18)24/h3-6,12-13,15,20,28-29H,7-11H2,1-2H3,(H,26,27). The minimum absolute atomic E-state index is 0.0410. The lowest BCUT2D eigenvalue weighted by molar-refractivity contribution is 0.0484. The molecule has 4 rings (SSSR count). The molecule has 1 fully saturated rings. The number of hydrogen-bond acceptors (Lipinski definition) is 9. The van der Waals surface area contributed by atoms with Gasteiger partial charge in [0, 0.05) is 25.0 Å². The van der Waals surface area contributed by atoms with Gasteiger partial charge >= 0.3 is 0 Å². The number of anilines is 2. The molecule has 188 valence electrons. The van der Waals surface area contributed by atoms with Crippen molar-refractivity contribution in [2.75, 3.05) is 30.4 Å². The molecule has 0 saturated carbocycles. The summed E-state index contributed by atoms with van der Waals surface area (Å²) < 4.78 is 39.5. The molecule has 35 heavy (non-hydrogen) atoms. The zero-order valence-corrected chi connectivity index (χ0v) is 21.7. The van der Waals surface area contributed by atoms with Crippen molar-refractivity contribution in [3.63, 3.8) is 0 Å². The van der Waals surface area contributed by atoms with E-state index in [1.54, 1.807) is 24.3 Å². The van der Waals surface area contributed by atoms with Gasteiger partial charge in [-0.25, -0.2) is 18.4 Å². The first-order valence-electron chi connectivity index (χ1n) is 11.1. The van der Waals surface area contributed by atoms with Crippen LogP contribution in [0.1, 0.15) is 25.0 Å². The highest BCUT2D eigenvalue weighted by molar-refractivity contribution is 7.92. The average molecular weight is 539 g/mol. The first kappa shape index (κ1) is 25.6. The molecule has 1 saturated heterocycles. The van der Waals surface area contributed by atoms with Crippen molar-refractivity contribution < 1.29 is 23.0 Å². The number of ether oxygens (including phenoxy) is 2. The van der Waals surface area contributed by atoms with Crippen molar-refractivity contribution in [1.29, 1.82) is 0 Å². The van der Waals surface area contributed by atoms with Gasteiger partial charge < -0.3 is 19.9 Å². The molecule has 1 aromatic carbocycles. The molecule has 1 unspecified atom stereocenters. The van der Waals surface area contributed by atoms with Crippen molar-refractivity contribution >= 4 is 43.8 Å². The van der Waals surface area contributed by atoms with Crippen LogP contribution in [-0.2, 0) is 14.8 Å². The molecule has 12 heteroatoms. The Morgan fingerprint density at radius 3 is 2.77 bits per heavy atom. The zero-order chi connectivity index (χ0) is 25.0. The average Bonchev–Trinajstić information content (AvgIpc) is 3.20. The maximum absolute atomic E-state index is 13.2. The molecule has 2 aromatic heterocycles. The third kappa shape index (κ3) is 6.22. The van der Waals surface area contributed by atoms with E-state index in [-0.39, 0.29) is 21.5 Å². The monoisotopic (exact) mass is 538 g/mol. The Labute approximate surface area is 213 Å². The minimum Gasteiger partial charge on any atom is -0.480 e. The lowest BCUT2D eigenvalue weighted by Gasteiger charge is -2.24. The number of thiazole rings is 1. The summed E-state index contributed by atoms with van der Waals surface area (Å²) in [5.41, 5.74) is 1.50. The number of pyridine rings is 1. The third-order valence-electron chi connectivity index (χ3n) is 5.67. The van der Waals surface area contributed by atoms with Gasteiger partial charge in [0.25, 0.3) is 10.0 Å². The molecule has 0 spiro atoms. The van der Waals surface area contributed by atoms with Gasteiger partial charge in [0.2, 0.25) is 5.88 Å². The van der Waals surface area contributed by atoms with E-state index in [0.717, 1.165) is 30.9 Å². The molecule has 3 N–H and O–H groups in total. The van der Waals surface area contributed by atoms with Gasteiger partial charge in [0.05, 0.1) is 28.4 Å². The smallest absolute Gasteiger partial charge is 0.267 e. The van der Waals surface area contributed by atoms with E-state index in [4.69, 9.17) is 21.1 Å². The molecule has 1 atom stereocenters. The van der Waals surface area contributed by atoms with Gasteiger partial charge in [-0.1, -0.05) is 35.1 Å². The number of aryl methyl sites for hydroxylation is 1. The molecule has 9 nitrogen and oxygen atoms in total. The number of rotatable bonds is 9. The minimum atomic E-state index is -4.05. The fourth-order valence-corrected chi connectivity index (χ4v) is 6.33. The number of sulfonamides is 1. The highest BCUT2D eigenvalue weighted by Crippen LogP contribution is 2.36. The predicted molar refractivity (Wildman–Crippen MR) is 137 cm³/mol. The maximum Gasteiger partial charge on any atom is 0.267 e. The fraction of sp³-hybridized carbons (Fsp3) is 0.391. The Balaban J connectivity index is 1.57. The topological polar surface area (TPSA) is 123 Å². The van der Waals surface area contributed by atoms with E-state index in [1.807, 2.05) is 6.92 Å². The molecule has 0 aliphatic carbocycles. The molecular weight excluding hydrogens is 512 g/mol.